The van der Waals surface area contributed by atoms with E-state index in [1.807, 2.05) is 0 Å². The molecule has 0 aromatic carbocycles. The first-order chi connectivity index (χ1) is 26.5. The van der Waals surface area contributed by atoms with Crippen molar-refractivity contribution in [2.24, 2.45) is 5.28 Å². The summed E-state index contributed by atoms with van der Waals surface area (Å²) in [6.07, 6.45) is 35.3. The number of carbonyl (C=O) groups excluding carboxylic acids is 2. The first-order valence-electron chi connectivity index (χ1n) is 22.3. The molecular weight excluding hydrogens is 688 g/mol. The van der Waals surface area contributed by atoms with Gasteiger partial charge in [-0.3, -0.25) is 9.59 Å². The molecule has 0 bridgehead atoms. The average Bonchev–Trinajstić information content (AvgIpc) is 3.17. The van der Waals surface area contributed by atoms with Crippen LogP contribution in [0.4, 0.5) is 0 Å². The summed E-state index contributed by atoms with van der Waals surface area (Å²) < 4.78 is 10.7. The van der Waals surface area contributed by atoms with Crippen LogP contribution in [0.3, 0.4) is 0 Å². The van der Waals surface area contributed by atoms with Crippen LogP contribution in [-0.2, 0) is 19.1 Å². The lowest BCUT2D eigenvalue weighted by atomic mass is 10.0. The van der Waals surface area contributed by atoms with E-state index < -0.39 is 0 Å². The fourth-order valence-corrected chi connectivity index (χ4v) is 6.60. The second-order valence-corrected chi connectivity index (χ2v) is 15.0. The Hall–Kier alpha value is -2.18. The van der Waals surface area contributed by atoms with E-state index in [1.54, 1.807) is 0 Å². The van der Waals surface area contributed by atoms with E-state index in [4.69, 9.17) is 19.7 Å². The third-order valence-corrected chi connectivity index (χ3v) is 10.0. The van der Waals surface area contributed by atoms with Gasteiger partial charge in [-0.1, -0.05) is 154 Å². The van der Waals surface area contributed by atoms with Crippen LogP contribution in [0.25, 0.3) is 0 Å². The Balaban J connectivity index is 3.61. The molecule has 0 amide bonds. The first-order valence-corrected chi connectivity index (χ1v) is 22.3. The monoisotopic (exact) mass is 772 g/mol. The lowest BCUT2D eigenvalue weighted by Crippen LogP contribution is -2.34. The highest BCUT2D eigenvalue weighted by Gasteiger charge is 2.14. The highest BCUT2D eigenvalue weighted by Crippen LogP contribution is 2.14. The van der Waals surface area contributed by atoms with Crippen molar-refractivity contribution in [3.8, 4) is 0 Å². The Morgan fingerprint density at radius 1 is 0.481 bits per heavy atom. The van der Waals surface area contributed by atoms with Gasteiger partial charge >= 0.3 is 11.9 Å². The Labute approximate surface area is 329 Å². The SMILES string of the molecule is O=C(CCNCCCCN(CCC(=O)OCCCCCCCCCCCCCCCCO)/[N+]([O-])=N/[O-])OCCCCCCCCCCCCCCCCO. The van der Waals surface area contributed by atoms with Crippen LogP contribution in [0.2, 0.25) is 0 Å². The summed E-state index contributed by atoms with van der Waals surface area (Å²) in [7, 11) is 0. The van der Waals surface area contributed by atoms with Crippen molar-refractivity contribution in [3.63, 3.8) is 0 Å². The number of aliphatic hydroxyl groups excluding tert-OH is 2. The number of hydrazine groups is 1. The van der Waals surface area contributed by atoms with Crippen LogP contribution in [0.1, 0.15) is 205 Å². The van der Waals surface area contributed by atoms with Gasteiger partial charge in [0.2, 0.25) is 0 Å². The van der Waals surface area contributed by atoms with Crippen molar-refractivity contribution in [2.75, 3.05) is 52.6 Å². The van der Waals surface area contributed by atoms with E-state index in [1.165, 1.54) is 127 Å². The van der Waals surface area contributed by atoms with Gasteiger partial charge in [-0.25, -0.2) is 0 Å². The lowest BCUT2D eigenvalue weighted by Gasteiger charge is -2.19. The van der Waals surface area contributed by atoms with E-state index in [0.29, 0.717) is 58.9 Å². The maximum absolute atomic E-state index is 12.2. The van der Waals surface area contributed by atoms with E-state index in [-0.39, 0.29) is 29.9 Å². The van der Waals surface area contributed by atoms with Gasteiger partial charge in [0.1, 0.15) is 0 Å². The van der Waals surface area contributed by atoms with E-state index in [0.717, 1.165) is 64.2 Å². The predicted molar refractivity (Wildman–Crippen MR) is 218 cm³/mol. The van der Waals surface area contributed by atoms with Gasteiger partial charge in [0.15, 0.2) is 0 Å². The van der Waals surface area contributed by atoms with Crippen LogP contribution in [0.15, 0.2) is 5.28 Å². The van der Waals surface area contributed by atoms with Gasteiger partial charge in [-0.05, 0) is 50.3 Å². The minimum atomic E-state index is -0.379. The van der Waals surface area contributed by atoms with Crippen molar-refractivity contribution in [2.45, 2.75) is 205 Å². The summed E-state index contributed by atoms with van der Waals surface area (Å²) in [4.78, 5) is 24.2. The lowest BCUT2D eigenvalue weighted by molar-refractivity contribution is -0.690. The molecule has 0 heterocycles. The molecule has 320 valence electrons. The summed E-state index contributed by atoms with van der Waals surface area (Å²) in [5.41, 5.74) is 0. The third kappa shape index (κ3) is 39.5. The van der Waals surface area contributed by atoms with Gasteiger partial charge in [0.05, 0.1) is 39.1 Å². The fraction of sp³-hybridized carbons (Fsp3) is 0.952. The molecule has 0 aliphatic heterocycles. The number of carbonyl (C=O) groups is 2. The number of unbranched alkanes of at least 4 members (excludes halogenated alkanes) is 27. The zero-order chi connectivity index (χ0) is 39.4. The van der Waals surface area contributed by atoms with Gasteiger partial charge < -0.3 is 35.4 Å². The largest absolute Gasteiger partial charge is 0.737 e. The van der Waals surface area contributed by atoms with Crippen molar-refractivity contribution in [1.29, 1.82) is 0 Å². The number of hydrogen-bond acceptors (Lipinski definition) is 10. The number of nitrogens with zero attached hydrogens (tertiary/aromatic N) is 3. The molecule has 0 aliphatic carbocycles. The highest BCUT2D eigenvalue weighted by atomic mass is 16.6. The Morgan fingerprint density at radius 2 is 0.833 bits per heavy atom. The summed E-state index contributed by atoms with van der Waals surface area (Å²) >= 11 is 0. The molecule has 12 nitrogen and oxygen atoms in total. The number of esters is 2. The molecule has 54 heavy (non-hydrogen) atoms. The van der Waals surface area contributed by atoms with Gasteiger partial charge in [0, 0.05) is 24.7 Å². The predicted octanol–water partition coefficient (Wildman–Crippen LogP) is 9.81. The fourth-order valence-electron chi connectivity index (χ4n) is 6.60. The van der Waals surface area contributed by atoms with Crippen LogP contribution in [0.5, 0.6) is 0 Å². The van der Waals surface area contributed by atoms with Crippen molar-refractivity contribution >= 4 is 11.9 Å². The molecule has 0 aliphatic rings. The minimum Gasteiger partial charge on any atom is -0.737 e. The quantitative estimate of drug-likeness (QED) is 0.0178. The van der Waals surface area contributed by atoms with Crippen LogP contribution >= 0.6 is 0 Å². The maximum Gasteiger partial charge on any atom is 0.307 e. The minimum absolute atomic E-state index is 0.00528. The molecule has 0 aromatic heterocycles. The normalized spacial score (nSPS) is 11.6. The standard InChI is InChI=1S/C42H84N4O8/c47-37-27-21-17-13-9-5-1-3-7-11-15-19-23-29-39-53-41(49)31-34-43-33-25-26-35-45(46(52)44-51)36-32-42(50)54-40-30-24-20-16-12-8-4-2-6-10-14-18-22-28-38-48/h43,47-48,51H,1-40H2/p-1/b46-44-. The molecule has 3 N–H and O–H groups in total. The van der Waals surface area contributed by atoms with E-state index in [9.17, 15) is 20.0 Å². The molecule has 0 fully saturated rings. The molecule has 0 saturated carbocycles. The number of ether oxygens (including phenoxy) is 2. The summed E-state index contributed by atoms with van der Waals surface area (Å²) in [6.45, 7) is 3.05. The van der Waals surface area contributed by atoms with Gasteiger partial charge in [0.25, 0.3) is 0 Å². The molecule has 0 rings (SSSR count). The highest BCUT2D eigenvalue weighted by molar-refractivity contribution is 5.69. The summed E-state index contributed by atoms with van der Waals surface area (Å²) in [6, 6.07) is 0. The first kappa shape index (κ1) is 51.8. The van der Waals surface area contributed by atoms with Crippen LogP contribution in [0, 0.1) is 10.4 Å². The van der Waals surface area contributed by atoms with Crippen molar-refractivity contribution in [1.82, 2.24) is 10.3 Å². The van der Waals surface area contributed by atoms with Crippen LogP contribution < -0.4 is 5.32 Å². The molecule has 0 spiro atoms. The zero-order valence-electron chi connectivity index (χ0n) is 34.5. The molecule has 0 unspecified atom stereocenters. The molecular formula is C42H83N4O8-. The Bertz CT molecular complexity index is 836. The van der Waals surface area contributed by atoms with Gasteiger partial charge in [-0.2, -0.15) is 0 Å². The smallest absolute Gasteiger partial charge is 0.307 e. The molecule has 0 aromatic rings. The van der Waals surface area contributed by atoms with Crippen molar-refractivity contribution < 1.29 is 34.2 Å². The van der Waals surface area contributed by atoms with Crippen LogP contribution in [-0.4, -0.2) is 84.7 Å². The number of hydrogen-bond donors (Lipinski definition) is 3. The number of nitrogens with one attached hydrogen (secondary N) is 1. The number of rotatable bonds is 44. The molecule has 0 saturated heterocycles. The average molecular weight is 772 g/mol. The van der Waals surface area contributed by atoms with E-state index in [2.05, 4.69) is 10.6 Å². The second kappa shape index (κ2) is 43.5. The Morgan fingerprint density at radius 3 is 1.20 bits per heavy atom. The molecule has 0 radical (unpaired) electrons. The third-order valence-electron chi connectivity index (χ3n) is 10.0. The summed E-state index contributed by atoms with van der Waals surface area (Å²) in [5.74, 6) is -0.571. The topological polar surface area (TPSA) is 170 Å². The maximum atomic E-state index is 12.2. The van der Waals surface area contributed by atoms with Gasteiger partial charge in [-0.15, -0.1) is 5.01 Å². The van der Waals surface area contributed by atoms with E-state index >= 15 is 0 Å². The summed E-state index contributed by atoms with van der Waals surface area (Å²) in [5, 5.41) is 47.2. The molecule has 0 atom stereocenters. The molecule has 12 heteroatoms. The Kier molecular flexibility index (Phi) is 41.8. The number of aliphatic hydroxyl groups is 2. The zero-order valence-corrected chi connectivity index (χ0v) is 34.5. The second-order valence-electron chi connectivity index (χ2n) is 15.0. The van der Waals surface area contributed by atoms with Crippen molar-refractivity contribution in [3.05, 3.63) is 10.4 Å².